The van der Waals surface area contributed by atoms with Crippen molar-refractivity contribution in [3.05, 3.63) is 65.2 Å². The average molecular weight is 281 g/mol. The van der Waals surface area contributed by atoms with E-state index in [0.717, 1.165) is 18.8 Å². The number of ether oxygens (including phenoxy) is 1. The fourth-order valence-corrected chi connectivity index (χ4v) is 3.11. The first-order valence-corrected chi connectivity index (χ1v) is 7.83. The Hall–Kier alpha value is -1.80. The molecule has 2 aromatic carbocycles. The molecule has 1 unspecified atom stereocenters. The molecule has 0 bridgehead atoms. The smallest absolute Gasteiger partial charge is 0.119 e. The van der Waals surface area contributed by atoms with Crippen molar-refractivity contribution in [2.24, 2.45) is 0 Å². The highest BCUT2D eigenvalue weighted by molar-refractivity contribution is 5.39. The van der Waals surface area contributed by atoms with Gasteiger partial charge < -0.3 is 10.1 Å². The predicted molar refractivity (Wildman–Crippen MR) is 86.8 cm³/mol. The van der Waals surface area contributed by atoms with Crippen molar-refractivity contribution in [2.45, 2.75) is 31.7 Å². The van der Waals surface area contributed by atoms with Crippen molar-refractivity contribution in [1.82, 2.24) is 5.32 Å². The number of nitrogens with one attached hydrogen (secondary N) is 1. The zero-order valence-electron chi connectivity index (χ0n) is 12.6. The van der Waals surface area contributed by atoms with Crippen LogP contribution in [0.25, 0.3) is 0 Å². The number of fused-ring (bicyclic) bond motifs is 1. The van der Waals surface area contributed by atoms with E-state index < -0.39 is 0 Å². The van der Waals surface area contributed by atoms with Crippen LogP contribution >= 0.6 is 0 Å². The quantitative estimate of drug-likeness (QED) is 0.897. The molecule has 2 aromatic rings. The number of rotatable bonds is 5. The summed E-state index contributed by atoms with van der Waals surface area (Å²) in [4.78, 5) is 0. The lowest BCUT2D eigenvalue weighted by atomic mass is 9.87. The minimum Gasteiger partial charge on any atom is -0.493 e. The van der Waals surface area contributed by atoms with Crippen LogP contribution in [0.4, 0.5) is 0 Å². The minimum atomic E-state index is 0.507. The fourth-order valence-electron chi connectivity index (χ4n) is 3.11. The summed E-state index contributed by atoms with van der Waals surface area (Å²) in [6.45, 7) is 0.734. The van der Waals surface area contributed by atoms with Crippen LogP contribution in [0.3, 0.4) is 0 Å². The summed E-state index contributed by atoms with van der Waals surface area (Å²) in [5, 5.41) is 3.40. The van der Waals surface area contributed by atoms with Crippen LogP contribution < -0.4 is 10.1 Å². The zero-order chi connectivity index (χ0) is 14.5. The molecule has 0 saturated heterocycles. The van der Waals surface area contributed by atoms with E-state index in [4.69, 9.17) is 4.74 Å². The molecule has 1 N–H and O–H groups in total. The molecule has 0 amide bonds. The van der Waals surface area contributed by atoms with E-state index in [1.54, 1.807) is 0 Å². The number of hydrogen-bond acceptors (Lipinski definition) is 2. The first-order chi connectivity index (χ1) is 10.4. The van der Waals surface area contributed by atoms with Crippen LogP contribution in [0.1, 0.15) is 35.6 Å². The van der Waals surface area contributed by atoms with E-state index in [0.29, 0.717) is 6.04 Å². The monoisotopic (exact) mass is 281 g/mol. The highest BCUT2D eigenvalue weighted by Gasteiger charge is 2.18. The molecule has 0 aromatic heterocycles. The van der Waals surface area contributed by atoms with Crippen molar-refractivity contribution in [3.63, 3.8) is 0 Å². The minimum absolute atomic E-state index is 0.507. The molecule has 3 rings (SSSR count). The Bertz CT molecular complexity index is 579. The number of benzene rings is 2. The van der Waals surface area contributed by atoms with Crippen molar-refractivity contribution in [1.29, 1.82) is 0 Å². The second-order valence-electron chi connectivity index (χ2n) is 5.68. The number of aryl methyl sites for hydroxylation is 1. The van der Waals surface area contributed by atoms with Crippen LogP contribution in [0.2, 0.25) is 0 Å². The molecule has 2 heteroatoms. The molecule has 0 heterocycles. The van der Waals surface area contributed by atoms with E-state index in [-0.39, 0.29) is 0 Å². The SMILES string of the molecule is CNC1CCCc2cc(OCCc3ccccc3)ccc21. The standard InChI is InChI=1S/C19H23NO/c1-20-19-9-5-8-16-14-17(10-11-18(16)19)21-13-12-15-6-3-2-4-7-15/h2-4,6-7,10-11,14,19-20H,5,8-9,12-13H2,1H3. The Morgan fingerprint density at radius 1 is 1.14 bits per heavy atom. The second kappa shape index (κ2) is 6.77. The Balaban J connectivity index is 1.62. The summed E-state index contributed by atoms with van der Waals surface area (Å²) >= 11 is 0. The van der Waals surface area contributed by atoms with Gasteiger partial charge in [0.25, 0.3) is 0 Å². The lowest BCUT2D eigenvalue weighted by molar-refractivity contribution is 0.321. The van der Waals surface area contributed by atoms with Crippen molar-refractivity contribution >= 4 is 0 Å². The Labute approximate surface area is 127 Å². The lowest BCUT2D eigenvalue weighted by Crippen LogP contribution is -2.21. The van der Waals surface area contributed by atoms with E-state index in [1.165, 1.54) is 36.0 Å². The van der Waals surface area contributed by atoms with Crippen LogP contribution in [0.15, 0.2) is 48.5 Å². The molecule has 0 fully saturated rings. The fraction of sp³-hybridized carbons (Fsp3) is 0.368. The van der Waals surface area contributed by atoms with Gasteiger partial charge in [-0.3, -0.25) is 0 Å². The molecule has 1 atom stereocenters. The highest BCUT2D eigenvalue weighted by Crippen LogP contribution is 2.31. The van der Waals surface area contributed by atoms with E-state index in [1.807, 2.05) is 13.1 Å². The van der Waals surface area contributed by atoms with Crippen molar-refractivity contribution in [3.8, 4) is 5.75 Å². The summed E-state index contributed by atoms with van der Waals surface area (Å²) < 4.78 is 5.92. The lowest BCUT2D eigenvalue weighted by Gasteiger charge is -2.25. The summed E-state index contributed by atoms with van der Waals surface area (Å²) in [6, 6.07) is 17.6. The molecule has 21 heavy (non-hydrogen) atoms. The third-order valence-electron chi connectivity index (χ3n) is 4.28. The van der Waals surface area contributed by atoms with Gasteiger partial charge >= 0.3 is 0 Å². The Morgan fingerprint density at radius 2 is 2.00 bits per heavy atom. The van der Waals surface area contributed by atoms with Gasteiger partial charge in [-0.2, -0.15) is 0 Å². The maximum absolute atomic E-state index is 5.92. The molecule has 1 aliphatic carbocycles. The molecule has 2 nitrogen and oxygen atoms in total. The van der Waals surface area contributed by atoms with Crippen LogP contribution in [0.5, 0.6) is 5.75 Å². The topological polar surface area (TPSA) is 21.3 Å². The molecule has 0 saturated carbocycles. The maximum atomic E-state index is 5.92. The van der Waals surface area contributed by atoms with Gasteiger partial charge in [0.1, 0.15) is 5.75 Å². The van der Waals surface area contributed by atoms with E-state index in [2.05, 4.69) is 47.8 Å². The molecule has 1 aliphatic rings. The van der Waals surface area contributed by atoms with Crippen LogP contribution in [0, 0.1) is 0 Å². The largest absolute Gasteiger partial charge is 0.493 e. The predicted octanol–water partition coefficient (Wildman–Crippen LogP) is 3.90. The summed E-state index contributed by atoms with van der Waals surface area (Å²) in [5.41, 5.74) is 4.21. The Morgan fingerprint density at radius 3 is 2.81 bits per heavy atom. The molecule has 0 radical (unpaired) electrons. The van der Waals surface area contributed by atoms with Crippen molar-refractivity contribution < 1.29 is 4.74 Å². The molecular weight excluding hydrogens is 258 g/mol. The first-order valence-electron chi connectivity index (χ1n) is 7.83. The van der Waals surface area contributed by atoms with Gasteiger partial charge in [0, 0.05) is 12.5 Å². The third kappa shape index (κ3) is 3.45. The van der Waals surface area contributed by atoms with Crippen LogP contribution in [-0.4, -0.2) is 13.7 Å². The van der Waals surface area contributed by atoms with Gasteiger partial charge in [0.05, 0.1) is 6.61 Å². The van der Waals surface area contributed by atoms with Crippen LogP contribution in [-0.2, 0) is 12.8 Å². The van der Waals surface area contributed by atoms with E-state index in [9.17, 15) is 0 Å². The third-order valence-corrected chi connectivity index (χ3v) is 4.28. The van der Waals surface area contributed by atoms with Gasteiger partial charge in [0.2, 0.25) is 0 Å². The summed E-state index contributed by atoms with van der Waals surface area (Å²) in [6.07, 6.45) is 4.62. The first kappa shape index (κ1) is 14.2. The Kier molecular flexibility index (Phi) is 4.56. The highest BCUT2D eigenvalue weighted by atomic mass is 16.5. The molecule has 0 aliphatic heterocycles. The normalized spacial score (nSPS) is 17.3. The van der Waals surface area contributed by atoms with Gasteiger partial charge in [0.15, 0.2) is 0 Å². The molecule has 0 spiro atoms. The summed E-state index contributed by atoms with van der Waals surface area (Å²) in [7, 11) is 2.05. The second-order valence-corrected chi connectivity index (χ2v) is 5.68. The van der Waals surface area contributed by atoms with Gasteiger partial charge in [-0.05, 0) is 55.1 Å². The average Bonchev–Trinajstić information content (AvgIpc) is 2.55. The van der Waals surface area contributed by atoms with Gasteiger partial charge in [-0.15, -0.1) is 0 Å². The molecule has 110 valence electrons. The summed E-state index contributed by atoms with van der Waals surface area (Å²) in [5.74, 6) is 1.00. The van der Waals surface area contributed by atoms with Gasteiger partial charge in [-0.25, -0.2) is 0 Å². The number of hydrogen-bond donors (Lipinski definition) is 1. The molecular formula is C19H23NO. The zero-order valence-corrected chi connectivity index (χ0v) is 12.6. The van der Waals surface area contributed by atoms with E-state index >= 15 is 0 Å². The van der Waals surface area contributed by atoms with Gasteiger partial charge in [-0.1, -0.05) is 36.4 Å². The van der Waals surface area contributed by atoms with Crippen molar-refractivity contribution in [2.75, 3.05) is 13.7 Å². The maximum Gasteiger partial charge on any atom is 0.119 e.